The van der Waals surface area contributed by atoms with Crippen molar-refractivity contribution in [1.29, 1.82) is 0 Å². The Labute approximate surface area is 134 Å². The van der Waals surface area contributed by atoms with Crippen LogP contribution in [0.5, 0.6) is 11.5 Å². The maximum absolute atomic E-state index is 13.2. The van der Waals surface area contributed by atoms with Gasteiger partial charge in [0.2, 0.25) is 0 Å². The monoisotopic (exact) mass is 315 g/mol. The Morgan fingerprint density at radius 2 is 2.13 bits per heavy atom. The topological polar surface area (TPSA) is 47.6 Å². The molecule has 0 radical (unpaired) electrons. The summed E-state index contributed by atoms with van der Waals surface area (Å²) in [5.74, 6) is 0.843. The van der Waals surface area contributed by atoms with Crippen molar-refractivity contribution in [2.24, 2.45) is 0 Å². The average Bonchev–Trinajstić information content (AvgIpc) is 2.95. The highest BCUT2D eigenvalue weighted by molar-refractivity contribution is 5.80. The second kappa shape index (κ2) is 6.69. The highest BCUT2D eigenvalue weighted by atomic mass is 19.1. The van der Waals surface area contributed by atoms with Crippen LogP contribution >= 0.6 is 0 Å². The smallest absolute Gasteiger partial charge is 0.260 e. The second-order valence-electron chi connectivity index (χ2n) is 5.51. The number of para-hydroxylation sites is 1. The lowest BCUT2D eigenvalue weighted by molar-refractivity contribution is -0.127. The molecule has 2 atom stereocenters. The molecule has 1 amide bonds. The molecule has 1 aliphatic heterocycles. The molecule has 2 aromatic rings. The lowest BCUT2D eigenvalue weighted by atomic mass is 10.1. The SMILES string of the molecule is CC(Oc1ccccc1)C(=O)NCC1Cc2cc(F)ccc2O1. The van der Waals surface area contributed by atoms with Gasteiger partial charge >= 0.3 is 0 Å². The summed E-state index contributed by atoms with van der Waals surface area (Å²) in [6, 6.07) is 13.6. The first-order chi connectivity index (χ1) is 11.1. The third kappa shape index (κ3) is 3.80. The van der Waals surface area contributed by atoms with E-state index in [1.165, 1.54) is 12.1 Å². The molecular formula is C18H18FNO3. The normalized spacial score (nSPS) is 17.0. The first-order valence-corrected chi connectivity index (χ1v) is 7.56. The number of carbonyl (C=O) groups is 1. The van der Waals surface area contributed by atoms with Crippen LogP contribution in [-0.4, -0.2) is 24.7 Å². The fraction of sp³-hybridized carbons (Fsp3) is 0.278. The van der Waals surface area contributed by atoms with Crippen LogP contribution in [0.3, 0.4) is 0 Å². The largest absolute Gasteiger partial charge is 0.488 e. The van der Waals surface area contributed by atoms with Crippen LogP contribution in [0.25, 0.3) is 0 Å². The van der Waals surface area contributed by atoms with Crippen LogP contribution in [0.2, 0.25) is 0 Å². The minimum absolute atomic E-state index is 0.181. The molecule has 120 valence electrons. The Morgan fingerprint density at radius 3 is 2.91 bits per heavy atom. The molecule has 0 spiro atoms. The Bertz CT molecular complexity index is 690. The van der Waals surface area contributed by atoms with Crippen molar-refractivity contribution in [1.82, 2.24) is 5.32 Å². The van der Waals surface area contributed by atoms with Crippen LogP contribution in [0.4, 0.5) is 4.39 Å². The number of benzene rings is 2. The number of hydrogen-bond acceptors (Lipinski definition) is 3. The molecular weight excluding hydrogens is 297 g/mol. The Hall–Kier alpha value is -2.56. The van der Waals surface area contributed by atoms with Gasteiger partial charge in [0.25, 0.3) is 5.91 Å². The number of nitrogens with one attached hydrogen (secondary N) is 1. The molecule has 0 aromatic heterocycles. The van der Waals surface area contributed by atoms with E-state index in [2.05, 4.69) is 5.32 Å². The summed E-state index contributed by atoms with van der Waals surface area (Å²) in [5.41, 5.74) is 0.831. The predicted octanol–water partition coefficient (Wildman–Crippen LogP) is 2.71. The van der Waals surface area contributed by atoms with Crippen LogP contribution in [0, 0.1) is 5.82 Å². The predicted molar refractivity (Wildman–Crippen MR) is 84.1 cm³/mol. The molecule has 5 heteroatoms. The van der Waals surface area contributed by atoms with E-state index in [9.17, 15) is 9.18 Å². The molecule has 1 heterocycles. The van der Waals surface area contributed by atoms with Crippen LogP contribution in [-0.2, 0) is 11.2 Å². The van der Waals surface area contributed by atoms with Gasteiger partial charge in [0.05, 0.1) is 6.54 Å². The zero-order valence-electron chi connectivity index (χ0n) is 12.8. The number of carbonyl (C=O) groups excluding carboxylic acids is 1. The summed E-state index contributed by atoms with van der Waals surface area (Å²) < 4.78 is 24.4. The molecule has 2 aromatic carbocycles. The number of amides is 1. The van der Waals surface area contributed by atoms with Crippen LogP contribution in [0.1, 0.15) is 12.5 Å². The maximum atomic E-state index is 13.2. The van der Waals surface area contributed by atoms with E-state index in [1.807, 2.05) is 18.2 Å². The number of hydrogen-bond donors (Lipinski definition) is 1. The van der Waals surface area contributed by atoms with Gasteiger partial charge in [-0.05, 0) is 37.3 Å². The van der Waals surface area contributed by atoms with Crippen molar-refractivity contribution in [2.45, 2.75) is 25.6 Å². The van der Waals surface area contributed by atoms with E-state index < -0.39 is 6.10 Å². The highest BCUT2D eigenvalue weighted by Crippen LogP contribution is 2.28. The lowest BCUT2D eigenvalue weighted by Crippen LogP contribution is -2.41. The zero-order chi connectivity index (χ0) is 16.2. The van der Waals surface area contributed by atoms with Crippen molar-refractivity contribution in [3.8, 4) is 11.5 Å². The fourth-order valence-electron chi connectivity index (χ4n) is 2.52. The molecule has 0 aliphatic carbocycles. The van der Waals surface area contributed by atoms with Crippen molar-refractivity contribution in [2.75, 3.05) is 6.54 Å². The van der Waals surface area contributed by atoms with Gasteiger partial charge in [-0.2, -0.15) is 0 Å². The first kappa shape index (κ1) is 15.3. The molecule has 0 saturated carbocycles. The van der Waals surface area contributed by atoms with E-state index >= 15 is 0 Å². The zero-order valence-corrected chi connectivity index (χ0v) is 12.8. The van der Waals surface area contributed by atoms with Gasteiger partial charge < -0.3 is 14.8 Å². The minimum Gasteiger partial charge on any atom is -0.488 e. The fourth-order valence-corrected chi connectivity index (χ4v) is 2.52. The molecule has 0 saturated heterocycles. The van der Waals surface area contributed by atoms with Gasteiger partial charge in [-0.25, -0.2) is 4.39 Å². The summed E-state index contributed by atoms with van der Waals surface area (Å²) in [6.07, 6.45) is -0.195. The summed E-state index contributed by atoms with van der Waals surface area (Å²) >= 11 is 0. The Kier molecular flexibility index (Phi) is 4.46. The van der Waals surface area contributed by atoms with Gasteiger partial charge in [0, 0.05) is 12.0 Å². The Morgan fingerprint density at radius 1 is 1.35 bits per heavy atom. The lowest BCUT2D eigenvalue weighted by Gasteiger charge is -2.16. The van der Waals surface area contributed by atoms with Gasteiger partial charge in [-0.3, -0.25) is 4.79 Å². The third-order valence-corrected chi connectivity index (χ3v) is 3.69. The van der Waals surface area contributed by atoms with Crippen LogP contribution < -0.4 is 14.8 Å². The minimum atomic E-state index is -0.598. The van der Waals surface area contributed by atoms with Crippen molar-refractivity contribution >= 4 is 5.91 Å². The van der Waals surface area contributed by atoms with E-state index in [0.717, 1.165) is 5.56 Å². The third-order valence-electron chi connectivity index (χ3n) is 3.69. The quantitative estimate of drug-likeness (QED) is 0.923. The van der Waals surface area contributed by atoms with Crippen molar-refractivity contribution < 1.29 is 18.7 Å². The van der Waals surface area contributed by atoms with E-state index in [-0.39, 0.29) is 17.8 Å². The first-order valence-electron chi connectivity index (χ1n) is 7.56. The number of halogens is 1. The Balaban J connectivity index is 1.48. The molecule has 23 heavy (non-hydrogen) atoms. The van der Waals surface area contributed by atoms with E-state index in [0.29, 0.717) is 24.5 Å². The van der Waals surface area contributed by atoms with Gasteiger partial charge in [0.1, 0.15) is 23.4 Å². The summed E-state index contributed by atoms with van der Waals surface area (Å²) in [5, 5.41) is 2.81. The molecule has 1 aliphatic rings. The maximum Gasteiger partial charge on any atom is 0.260 e. The molecule has 0 bridgehead atoms. The number of ether oxygens (including phenoxy) is 2. The van der Waals surface area contributed by atoms with Crippen LogP contribution in [0.15, 0.2) is 48.5 Å². The van der Waals surface area contributed by atoms with Gasteiger partial charge in [0.15, 0.2) is 6.10 Å². The standard InChI is InChI=1S/C18H18FNO3/c1-12(22-15-5-3-2-4-6-15)18(21)20-11-16-10-13-9-14(19)7-8-17(13)23-16/h2-9,12,16H,10-11H2,1H3,(H,20,21). The average molecular weight is 315 g/mol. The summed E-state index contributed by atoms with van der Waals surface area (Å²) in [7, 11) is 0. The van der Waals surface area contributed by atoms with E-state index in [4.69, 9.17) is 9.47 Å². The highest BCUT2D eigenvalue weighted by Gasteiger charge is 2.24. The number of fused-ring (bicyclic) bond motifs is 1. The second-order valence-corrected chi connectivity index (χ2v) is 5.51. The molecule has 2 unspecified atom stereocenters. The molecule has 3 rings (SSSR count). The molecule has 4 nitrogen and oxygen atoms in total. The van der Waals surface area contributed by atoms with E-state index in [1.54, 1.807) is 25.1 Å². The molecule has 1 N–H and O–H groups in total. The van der Waals surface area contributed by atoms with Crippen molar-refractivity contribution in [3.05, 3.63) is 59.9 Å². The summed E-state index contributed by atoms with van der Waals surface area (Å²) in [6.45, 7) is 2.06. The summed E-state index contributed by atoms with van der Waals surface area (Å²) in [4.78, 5) is 12.1. The van der Waals surface area contributed by atoms with Gasteiger partial charge in [-0.1, -0.05) is 18.2 Å². The van der Waals surface area contributed by atoms with Crippen molar-refractivity contribution in [3.63, 3.8) is 0 Å². The van der Waals surface area contributed by atoms with Gasteiger partial charge in [-0.15, -0.1) is 0 Å². The molecule has 0 fully saturated rings. The number of rotatable bonds is 5.